The van der Waals surface area contributed by atoms with Crippen molar-refractivity contribution in [3.05, 3.63) is 101 Å². The molecule has 0 bridgehead atoms. The van der Waals surface area contributed by atoms with Gasteiger partial charge in [-0.05, 0) is 54.3 Å². The zero-order valence-electron chi connectivity index (χ0n) is 16.0. The number of halogens is 2. The van der Waals surface area contributed by atoms with E-state index in [-0.39, 0.29) is 0 Å². The summed E-state index contributed by atoms with van der Waals surface area (Å²) in [5, 5.41) is 0. The van der Waals surface area contributed by atoms with Crippen LogP contribution in [0.15, 0.2) is 66.9 Å². The normalized spacial score (nSPS) is 16.0. The van der Waals surface area contributed by atoms with Crippen molar-refractivity contribution in [2.45, 2.75) is 24.9 Å². The minimum absolute atomic E-state index is 0.291. The van der Waals surface area contributed by atoms with Crippen molar-refractivity contribution in [2.24, 2.45) is 5.73 Å². The van der Waals surface area contributed by atoms with Gasteiger partial charge in [0, 0.05) is 17.8 Å². The number of fused-ring (bicyclic) bond motifs is 1. The van der Waals surface area contributed by atoms with Crippen LogP contribution in [0.5, 0.6) is 0 Å². The van der Waals surface area contributed by atoms with E-state index in [1.807, 2.05) is 0 Å². The summed E-state index contributed by atoms with van der Waals surface area (Å²) in [6, 6.07) is 13.5. The Hall–Kier alpha value is -3.61. The summed E-state index contributed by atoms with van der Waals surface area (Å²) in [6.07, 6.45) is 2.15. The van der Waals surface area contributed by atoms with E-state index in [0.717, 1.165) is 6.07 Å². The smallest absolute Gasteiger partial charge is 0.255 e. The van der Waals surface area contributed by atoms with Crippen LogP contribution < -0.4 is 5.73 Å². The largest absolute Gasteiger partial charge is 0.368 e. The van der Waals surface area contributed by atoms with Crippen molar-refractivity contribution in [3.8, 4) is 0 Å². The molecule has 0 fully saturated rings. The van der Waals surface area contributed by atoms with Gasteiger partial charge in [-0.25, -0.2) is 8.78 Å². The van der Waals surface area contributed by atoms with Gasteiger partial charge in [-0.1, -0.05) is 24.3 Å². The average Bonchev–Trinajstić information content (AvgIpc) is 3.16. The van der Waals surface area contributed by atoms with Crippen molar-refractivity contribution in [1.82, 2.24) is 9.88 Å². The highest BCUT2D eigenvalue weighted by Gasteiger charge is 2.40. The van der Waals surface area contributed by atoms with Crippen LogP contribution in [0.3, 0.4) is 0 Å². The Morgan fingerprint density at radius 2 is 1.80 bits per heavy atom. The highest BCUT2D eigenvalue weighted by molar-refractivity contribution is 5.98. The molecule has 152 valence electrons. The molecule has 5 nitrogen and oxygen atoms in total. The van der Waals surface area contributed by atoms with Gasteiger partial charge in [-0.3, -0.25) is 14.6 Å². The van der Waals surface area contributed by atoms with Crippen LogP contribution in [0.2, 0.25) is 0 Å². The number of rotatable bonds is 5. The predicted molar refractivity (Wildman–Crippen MR) is 106 cm³/mol. The number of nitrogens with zero attached hydrogens (tertiary/aromatic N) is 2. The molecule has 0 saturated carbocycles. The molecule has 0 saturated heterocycles. The highest BCUT2D eigenvalue weighted by atomic mass is 19.1. The molecular formula is C23H19F2N3O2. The second-order valence-corrected chi connectivity index (χ2v) is 7.15. The summed E-state index contributed by atoms with van der Waals surface area (Å²) in [6.45, 7) is 0. The molecule has 0 spiro atoms. The quantitative estimate of drug-likeness (QED) is 0.700. The van der Waals surface area contributed by atoms with Gasteiger partial charge < -0.3 is 10.6 Å². The molecule has 30 heavy (non-hydrogen) atoms. The first kappa shape index (κ1) is 19.7. The Kier molecular flexibility index (Phi) is 5.27. The van der Waals surface area contributed by atoms with Gasteiger partial charge in [0.1, 0.15) is 11.6 Å². The summed E-state index contributed by atoms with van der Waals surface area (Å²) in [4.78, 5) is 31.6. The fourth-order valence-corrected chi connectivity index (χ4v) is 4.04. The lowest BCUT2D eigenvalue weighted by molar-refractivity contribution is -0.123. The molecule has 3 aromatic rings. The summed E-state index contributed by atoms with van der Waals surface area (Å²) in [5.74, 6) is -2.64. The van der Waals surface area contributed by atoms with Crippen molar-refractivity contribution in [3.63, 3.8) is 0 Å². The third-order valence-electron chi connectivity index (χ3n) is 5.33. The van der Waals surface area contributed by atoms with Crippen molar-refractivity contribution >= 4 is 11.8 Å². The number of benzene rings is 2. The third-order valence-corrected chi connectivity index (χ3v) is 5.33. The van der Waals surface area contributed by atoms with Gasteiger partial charge in [0.15, 0.2) is 6.04 Å². The second-order valence-electron chi connectivity index (χ2n) is 7.15. The predicted octanol–water partition coefficient (Wildman–Crippen LogP) is 3.72. The molecule has 4 rings (SSSR count). The van der Waals surface area contributed by atoms with Gasteiger partial charge in [-0.2, -0.15) is 0 Å². The number of hydrogen-bond acceptors (Lipinski definition) is 3. The Labute approximate surface area is 172 Å². The number of pyridine rings is 1. The van der Waals surface area contributed by atoms with Crippen LogP contribution >= 0.6 is 0 Å². The van der Waals surface area contributed by atoms with Gasteiger partial charge in [0.2, 0.25) is 5.91 Å². The van der Waals surface area contributed by atoms with Gasteiger partial charge in [0.05, 0.1) is 11.7 Å². The lowest BCUT2D eigenvalue weighted by Gasteiger charge is -2.35. The molecule has 2 aromatic carbocycles. The first-order valence-corrected chi connectivity index (χ1v) is 9.53. The van der Waals surface area contributed by atoms with Crippen LogP contribution in [-0.2, 0) is 11.2 Å². The van der Waals surface area contributed by atoms with E-state index in [1.54, 1.807) is 48.5 Å². The van der Waals surface area contributed by atoms with Crippen molar-refractivity contribution < 1.29 is 18.4 Å². The van der Waals surface area contributed by atoms with Gasteiger partial charge in [0.25, 0.3) is 5.91 Å². The van der Waals surface area contributed by atoms with Crippen LogP contribution in [0, 0.1) is 11.6 Å². The Morgan fingerprint density at radius 3 is 2.47 bits per heavy atom. The number of primary amides is 1. The fraction of sp³-hybridized carbons (Fsp3) is 0.174. The molecule has 1 aliphatic rings. The maximum absolute atomic E-state index is 14.3. The van der Waals surface area contributed by atoms with Gasteiger partial charge in [-0.15, -0.1) is 0 Å². The van der Waals surface area contributed by atoms with E-state index in [1.165, 1.54) is 17.2 Å². The number of aromatic nitrogens is 1. The van der Waals surface area contributed by atoms with Crippen LogP contribution in [-0.4, -0.2) is 21.7 Å². The topological polar surface area (TPSA) is 76.3 Å². The molecule has 2 amide bonds. The molecule has 1 aliphatic carbocycles. The minimum Gasteiger partial charge on any atom is -0.368 e. The molecule has 0 radical (unpaired) electrons. The van der Waals surface area contributed by atoms with Gasteiger partial charge >= 0.3 is 0 Å². The summed E-state index contributed by atoms with van der Waals surface area (Å²) >= 11 is 0. The number of nitrogens with two attached hydrogens (primary N) is 1. The molecular weight excluding hydrogens is 388 g/mol. The molecule has 2 N–H and O–H groups in total. The van der Waals surface area contributed by atoms with E-state index in [2.05, 4.69) is 4.98 Å². The highest BCUT2D eigenvalue weighted by Crippen LogP contribution is 2.42. The zero-order chi connectivity index (χ0) is 21.3. The van der Waals surface area contributed by atoms with Crippen molar-refractivity contribution in [1.29, 1.82) is 0 Å². The van der Waals surface area contributed by atoms with E-state index in [0.29, 0.717) is 35.2 Å². The van der Waals surface area contributed by atoms with Crippen molar-refractivity contribution in [2.75, 3.05) is 0 Å². The maximum atomic E-state index is 14.3. The summed E-state index contributed by atoms with van der Waals surface area (Å²) in [7, 11) is 0. The second kappa shape index (κ2) is 8.02. The van der Waals surface area contributed by atoms with Crippen LogP contribution in [0.1, 0.15) is 45.7 Å². The standard InChI is InChI=1S/C23H19F2N3O2/c24-15-12-17-16(18(25)13-15)9-10-20(17)28(23(30)14-6-2-1-3-7-14)21(22(26)29)19-8-4-5-11-27-19/h1-8,11-13,20-21H,9-10H2,(H2,26,29)/t20-,21+/m1/s1. The minimum atomic E-state index is -1.19. The first-order valence-electron chi connectivity index (χ1n) is 9.53. The SMILES string of the molecule is NC(=O)[C@H](c1ccccn1)N(C(=O)c1ccccc1)[C@@H]1CCc2c(F)cc(F)cc21. The molecule has 0 aliphatic heterocycles. The summed E-state index contributed by atoms with van der Waals surface area (Å²) < 4.78 is 28.4. The van der Waals surface area contributed by atoms with Crippen LogP contribution in [0.4, 0.5) is 8.78 Å². The zero-order valence-corrected chi connectivity index (χ0v) is 16.0. The number of carbonyl (C=O) groups is 2. The molecule has 1 heterocycles. The molecule has 1 aromatic heterocycles. The lowest BCUT2D eigenvalue weighted by Crippen LogP contribution is -2.44. The maximum Gasteiger partial charge on any atom is 0.255 e. The number of amides is 2. The summed E-state index contributed by atoms with van der Waals surface area (Å²) in [5.41, 5.74) is 7.03. The Balaban J connectivity index is 1.88. The molecule has 7 heteroatoms. The monoisotopic (exact) mass is 407 g/mol. The van der Waals surface area contributed by atoms with E-state index < -0.39 is 35.5 Å². The third kappa shape index (κ3) is 3.54. The van der Waals surface area contributed by atoms with E-state index in [9.17, 15) is 18.4 Å². The Bertz CT molecular complexity index is 1090. The van der Waals surface area contributed by atoms with E-state index in [4.69, 9.17) is 5.73 Å². The number of hydrogen-bond donors (Lipinski definition) is 1. The Morgan fingerprint density at radius 1 is 1.07 bits per heavy atom. The van der Waals surface area contributed by atoms with Crippen LogP contribution in [0.25, 0.3) is 0 Å². The molecule has 2 atom stereocenters. The molecule has 0 unspecified atom stereocenters. The van der Waals surface area contributed by atoms with E-state index >= 15 is 0 Å². The average molecular weight is 407 g/mol. The lowest BCUT2D eigenvalue weighted by atomic mass is 10.00. The fourth-order valence-electron chi connectivity index (χ4n) is 4.04. The number of carbonyl (C=O) groups excluding carboxylic acids is 2. The first-order chi connectivity index (χ1) is 14.5.